The maximum Gasteiger partial charge on any atom is 0.416 e. The number of anilines is 1. The van der Waals surface area contributed by atoms with Gasteiger partial charge in [-0.3, -0.25) is 5.10 Å². The van der Waals surface area contributed by atoms with Gasteiger partial charge in [0.25, 0.3) is 0 Å². The molecule has 9 heteroatoms. The molecule has 6 nitrogen and oxygen atoms in total. The van der Waals surface area contributed by atoms with Gasteiger partial charge in [-0.1, -0.05) is 0 Å². The molecule has 1 fully saturated rings. The maximum absolute atomic E-state index is 12.6. The van der Waals surface area contributed by atoms with Crippen LogP contribution in [0.15, 0.2) is 36.4 Å². The predicted molar refractivity (Wildman–Crippen MR) is 110 cm³/mol. The van der Waals surface area contributed by atoms with Crippen LogP contribution in [0.4, 0.5) is 19.1 Å². The number of ether oxygens (including phenoxy) is 1. The van der Waals surface area contributed by atoms with Crippen LogP contribution in [0.25, 0.3) is 0 Å². The summed E-state index contributed by atoms with van der Waals surface area (Å²) >= 11 is 0. The monoisotopic (exact) mass is 431 g/mol. The summed E-state index contributed by atoms with van der Waals surface area (Å²) in [5.74, 6) is 1.47. The third-order valence-electron chi connectivity index (χ3n) is 5.33. The molecule has 1 atom stereocenters. The van der Waals surface area contributed by atoms with Gasteiger partial charge in [-0.15, -0.1) is 0 Å². The molecule has 3 heterocycles. The van der Waals surface area contributed by atoms with Crippen molar-refractivity contribution in [3.63, 3.8) is 0 Å². The number of aromatic nitrogens is 4. The number of nitrogens with zero attached hydrogens (tertiary/aromatic N) is 4. The minimum atomic E-state index is -4.34. The van der Waals surface area contributed by atoms with E-state index in [9.17, 15) is 13.2 Å². The molecular weight excluding hydrogens is 407 g/mol. The Hall–Kier alpha value is -3.10. The van der Waals surface area contributed by atoms with Crippen LogP contribution in [0.2, 0.25) is 0 Å². The van der Waals surface area contributed by atoms with E-state index in [1.54, 1.807) is 0 Å². The SMILES string of the molecule is Cc1cc(C)nc(N2CC[C@H](c3cc(CCOc4ccc(C(F)(F)F)cc4)[nH]n3)C2)n1. The first-order valence-corrected chi connectivity index (χ1v) is 10.2. The van der Waals surface area contributed by atoms with E-state index in [0.29, 0.717) is 24.7 Å². The lowest BCUT2D eigenvalue weighted by atomic mass is 10.0. The summed E-state index contributed by atoms with van der Waals surface area (Å²) in [6.07, 6.45) is -2.78. The second-order valence-corrected chi connectivity index (χ2v) is 7.82. The Kier molecular flexibility index (Phi) is 5.84. The molecule has 0 bridgehead atoms. The Labute approximate surface area is 178 Å². The highest BCUT2D eigenvalue weighted by Crippen LogP contribution is 2.31. The third kappa shape index (κ3) is 5.15. The van der Waals surface area contributed by atoms with Crippen molar-refractivity contribution in [2.24, 2.45) is 0 Å². The minimum Gasteiger partial charge on any atom is -0.493 e. The quantitative estimate of drug-likeness (QED) is 0.625. The van der Waals surface area contributed by atoms with Gasteiger partial charge in [0.2, 0.25) is 5.95 Å². The van der Waals surface area contributed by atoms with Crippen molar-refractivity contribution in [3.8, 4) is 5.75 Å². The summed E-state index contributed by atoms with van der Waals surface area (Å²) in [5, 5.41) is 7.49. The van der Waals surface area contributed by atoms with E-state index in [-0.39, 0.29) is 0 Å². The number of aromatic amines is 1. The van der Waals surface area contributed by atoms with Crippen molar-refractivity contribution in [2.75, 3.05) is 24.6 Å². The number of hydrogen-bond acceptors (Lipinski definition) is 5. The molecule has 1 N–H and O–H groups in total. The van der Waals surface area contributed by atoms with Gasteiger partial charge in [0.15, 0.2) is 0 Å². The number of rotatable bonds is 6. The Morgan fingerprint density at radius 2 is 1.81 bits per heavy atom. The second kappa shape index (κ2) is 8.56. The van der Waals surface area contributed by atoms with E-state index >= 15 is 0 Å². The predicted octanol–water partition coefficient (Wildman–Crippen LogP) is 4.45. The van der Waals surface area contributed by atoms with Crippen LogP contribution >= 0.6 is 0 Å². The topological polar surface area (TPSA) is 66.9 Å². The number of benzene rings is 1. The van der Waals surface area contributed by atoms with E-state index in [1.807, 2.05) is 26.0 Å². The summed E-state index contributed by atoms with van der Waals surface area (Å²) in [6, 6.07) is 8.72. The number of alkyl halides is 3. The average Bonchev–Trinajstić information content (AvgIpc) is 3.36. The standard InChI is InChI=1S/C22H24F3N5O/c1-14-11-15(2)27-21(26-14)30-9-7-16(13-30)20-12-18(28-29-20)8-10-31-19-5-3-17(4-6-19)22(23,24)25/h3-6,11-12,16H,7-10,13H2,1-2H3,(H,28,29)/t16-/m0/s1. The fourth-order valence-corrected chi connectivity index (χ4v) is 3.77. The molecule has 4 rings (SSSR count). The molecule has 0 spiro atoms. The fourth-order valence-electron chi connectivity index (χ4n) is 3.77. The van der Waals surface area contributed by atoms with Crippen LogP contribution in [-0.4, -0.2) is 39.9 Å². The van der Waals surface area contributed by atoms with Gasteiger partial charge in [-0.25, -0.2) is 9.97 Å². The minimum absolute atomic E-state index is 0.297. The molecule has 0 radical (unpaired) electrons. The first kappa shape index (κ1) is 21.1. The zero-order valence-electron chi connectivity index (χ0n) is 17.4. The van der Waals surface area contributed by atoms with Crippen LogP contribution < -0.4 is 9.64 Å². The lowest BCUT2D eigenvalue weighted by molar-refractivity contribution is -0.137. The van der Waals surface area contributed by atoms with E-state index in [2.05, 4.69) is 25.1 Å². The van der Waals surface area contributed by atoms with Crippen LogP contribution in [-0.2, 0) is 12.6 Å². The molecule has 0 amide bonds. The Morgan fingerprint density at radius 3 is 2.48 bits per heavy atom. The third-order valence-corrected chi connectivity index (χ3v) is 5.33. The molecule has 1 aromatic carbocycles. The Balaban J connectivity index is 1.30. The van der Waals surface area contributed by atoms with Gasteiger partial charge in [0.1, 0.15) is 5.75 Å². The summed E-state index contributed by atoms with van der Waals surface area (Å²) in [6.45, 7) is 5.99. The van der Waals surface area contributed by atoms with E-state index in [1.165, 1.54) is 12.1 Å². The molecule has 2 aromatic heterocycles. The van der Waals surface area contributed by atoms with Crippen molar-refractivity contribution >= 4 is 5.95 Å². The molecule has 0 aliphatic carbocycles. The second-order valence-electron chi connectivity index (χ2n) is 7.82. The lowest BCUT2D eigenvalue weighted by Crippen LogP contribution is -2.22. The van der Waals surface area contributed by atoms with Crippen LogP contribution in [0.1, 0.15) is 40.7 Å². The van der Waals surface area contributed by atoms with Crippen molar-refractivity contribution < 1.29 is 17.9 Å². The van der Waals surface area contributed by atoms with E-state index in [0.717, 1.165) is 60.4 Å². The average molecular weight is 431 g/mol. The zero-order valence-corrected chi connectivity index (χ0v) is 17.4. The van der Waals surface area contributed by atoms with Gasteiger partial charge >= 0.3 is 6.18 Å². The largest absolute Gasteiger partial charge is 0.493 e. The van der Waals surface area contributed by atoms with Crippen molar-refractivity contribution in [1.82, 2.24) is 20.2 Å². The van der Waals surface area contributed by atoms with Crippen molar-refractivity contribution in [1.29, 1.82) is 0 Å². The molecule has 1 saturated heterocycles. The maximum atomic E-state index is 12.6. The molecule has 0 unspecified atom stereocenters. The molecule has 1 aliphatic heterocycles. The summed E-state index contributed by atoms with van der Waals surface area (Å²) in [5.41, 5.74) is 3.16. The zero-order chi connectivity index (χ0) is 22.0. The van der Waals surface area contributed by atoms with Crippen LogP contribution in [0, 0.1) is 13.8 Å². The van der Waals surface area contributed by atoms with Gasteiger partial charge < -0.3 is 9.64 Å². The Bertz CT molecular complexity index is 1010. The molecule has 3 aromatic rings. The highest BCUT2D eigenvalue weighted by molar-refractivity contribution is 5.36. The van der Waals surface area contributed by atoms with Crippen molar-refractivity contribution in [2.45, 2.75) is 38.8 Å². The molecular formula is C22H24F3N5O. The highest BCUT2D eigenvalue weighted by atomic mass is 19.4. The molecule has 1 aliphatic rings. The highest BCUT2D eigenvalue weighted by Gasteiger charge is 2.30. The van der Waals surface area contributed by atoms with E-state index in [4.69, 9.17) is 4.74 Å². The first-order chi connectivity index (χ1) is 14.8. The van der Waals surface area contributed by atoms with Gasteiger partial charge in [-0.05, 0) is 56.7 Å². The molecule has 164 valence electrons. The number of aryl methyl sites for hydroxylation is 2. The summed E-state index contributed by atoms with van der Waals surface area (Å²) < 4.78 is 43.4. The first-order valence-electron chi connectivity index (χ1n) is 10.2. The Morgan fingerprint density at radius 1 is 1.10 bits per heavy atom. The summed E-state index contributed by atoms with van der Waals surface area (Å²) in [7, 11) is 0. The van der Waals surface area contributed by atoms with Gasteiger partial charge in [0.05, 0.1) is 17.9 Å². The number of hydrogen-bond donors (Lipinski definition) is 1. The number of H-pyrrole nitrogens is 1. The fraction of sp³-hybridized carbons (Fsp3) is 0.409. The van der Waals surface area contributed by atoms with E-state index < -0.39 is 11.7 Å². The van der Waals surface area contributed by atoms with Crippen molar-refractivity contribution in [3.05, 3.63) is 64.7 Å². The normalized spacial score (nSPS) is 16.7. The van der Waals surface area contributed by atoms with Crippen LogP contribution in [0.3, 0.4) is 0 Å². The van der Waals surface area contributed by atoms with Gasteiger partial charge in [0, 0.05) is 42.5 Å². The summed E-state index contributed by atoms with van der Waals surface area (Å²) in [4.78, 5) is 11.3. The van der Waals surface area contributed by atoms with Crippen LogP contribution in [0.5, 0.6) is 5.75 Å². The smallest absolute Gasteiger partial charge is 0.416 e. The molecule has 31 heavy (non-hydrogen) atoms. The molecule has 0 saturated carbocycles. The van der Waals surface area contributed by atoms with Gasteiger partial charge in [-0.2, -0.15) is 18.3 Å². The lowest BCUT2D eigenvalue weighted by Gasteiger charge is -2.16. The number of nitrogens with one attached hydrogen (secondary N) is 1. The number of halogens is 3.